The number of hydrogen-bond acceptors (Lipinski definition) is 6. The van der Waals surface area contributed by atoms with Crippen LogP contribution in [0.3, 0.4) is 0 Å². The lowest BCUT2D eigenvalue weighted by atomic mass is 10.0. The van der Waals surface area contributed by atoms with Crippen molar-refractivity contribution >= 4 is 35.6 Å². The van der Waals surface area contributed by atoms with Crippen LogP contribution in [-0.4, -0.2) is 60.9 Å². The highest BCUT2D eigenvalue weighted by atomic mass is 35.5. The number of rotatable bonds is 8. The van der Waals surface area contributed by atoms with Gasteiger partial charge in [-0.3, -0.25) is 19.7 Å². The molecule has 2 amide bonds. The van der Waals surface area contributed by atoms with Gasteiger partial charge in [0.1, 0.15) is 5.69 Å². The maximum absolute atomic E-state index is 12.8. The van der Waals surface area contributed by atoms with E-state index in [4.69, 9.17) is 5.73 Å². The Hall–Kier alpha value is -2.39. The van der Waals surface area contributed by atoms with E-state index in [0.29, 0.717) is 25.3 Å². The lowest BCUT2D eigenvalue weighted by molar-refractivity contribution is -0.384. The summed E-state index contributed by atoms with van der Waals surface area (Å²) < 4.78 is 0. The van der Waals surface area contributed by atoms with Crippen LogP contribution in [0.5, 0.6) is 0 Å². The van der Waals surface area contributed by atoms with Crippen LogP contribution < -0.4 is 16.0 Å². The van der Waals surface area contributed by atoms with Crippen LogP contribution in [0.1, 0.15) is 25.7 Å². The highest BCUT2D eigenvalue weighted by molar-refractivity contribution is 5.85. The van der Waals surface area contributed by atoms with E-state index in [-0.39, 0.29) is 48.9 Å². The second kappa shape index (κ2) is 11.5. The van der Waals surface area contributed by atoms with E-state index in [0.717, 1.165) is 19.3 Å². The zero-order valence-electron chi connectivity index (χ0n) is 16.0. The lowest BCUT2D eigenvalue weighted by Crippen LogP contribution is -2.52. The van der Waals surface area contributed by atoms with Crippen molar-refractivity contribution in [1.82, 2.24) is 10.2 Å². The van der Waals surface area contributed by atoms with Crippen molar-refractivity contribution < 1.29 is 14.5 Å². The van der Waals surface area contributed by atoms with Crippen molar-refractivity contribution in [2.75, 3.05) is 38.1 Å². The molecule has 10 heteroatoms. The third kappa shape index (κ3) is 6.35. The molecular formula is C18H28ClN5O4. The molecule has 1 aromatic rings. The second-order valence-electron chi connectivity index (χ2n) is 6.68. The molecular weight excluding hydrogens is 386 g/mol. The quantitative estimate of drug-likeness (QED) is 0.489. The summed E-state index contributed by atoms with van der Waals surface area (Å²) in [7, 11) is 1.67. The first-order valence-electron chi connectivity index (χ1n) is 9.14. The second-order valence-corrected chi connectivity index (χ2v) is 6.68. The van der Waals surface area contributed by atoms with Gasteiger partial charge in [-0.05, 0) is 25.3 Å². The molecule has 9 nitrogen and oxygen atoms in total. The summed E-state index contributed by atoms with van der Waals surface area (Å²) in [6, 6.07) is 6.30. The molecule has 0 aromatic heterocycles. The number of anilines is 1. The first kappa shape index (κ1) is 23.6. The predicted molar refractivity (Wildman–Crippen MR) is 110 cm³/mol. The molecule has 0 radical (unpaired) electrons. The first-order valence-corrected chi connectivity index (χ1v) is 9.14. The van der Waals surface area contributed by atoms with Crippen molar-refractivity contribution in [2.24, 2.45) is 5.73 Å². The average Bonchev–Trinajstić information content (AvgIpc) is 2.66. The molecule has 1 atom stereocenters. The number of carbonyl (C=O) groups is 2. The summed E-state index contributed by atoms with van der Waals surface area (Å²) in [5, 5.41) is 14.0. The topological polar surface area (TPSA) is 122 Å². The summed E-state index contributed by atoms with van der Waals surface area (Å²) in [5.41, 5.74) is 5.75. The molecule has 0 spiro atoms. The summed E-state index contributed by atoms with van der Waals surface area (Å²) in [5.74, 6) is -0.221. The maximum atomic E-state index is 12.8. The lowest BCUT2D eigenvalue weighted by Gasteiger charge is -2.37. The fourth-order valence-corrected chi connectivity index (χ4v) is 3.31. The minimum atomic E-state index is -0.451. The fourth-order valence-electron chi connectivity index (χ4n) is 3.31. The standard InChI is InChI=1S/C18H27N5O4.ClH/c1-21(15-7-2-3-8-16(15)23(26)27)13-18(25)22-11-5-4-6-14(22)12-20-17(24)9-10-19;/h2-3,7-8,14H,4-6,9-13,19H2,1H3,(H,20,24);1H. The van der Waals surface area contributed by atoms with Crippen molar-refractivity contribution in [3.8, 4) is 0 Å². The molecule has 1 fully saturated rings. The molecule has 0 aliphatic carbocycles. The third-order valence-corrected chi connectivity index (χ3v) is 4.72. The summed E-state index contributed by atoms with van der Waals surface area (Å²) in [6.07, 6.45) is 3.00. The van der Waals surface area contributed by atoms with Gasteiger partial charge in [-0.15, -0.1) is 12.4 Å². The van der Waals surface area contributed by atoms with Crippen LogP contribution >= 0.6 is 12.4 Å². The van der Waals surface area contributed by atoms with Gasteiger partial charge in [-0.1, -0.05) is 12.1 Å². The number of carbonyl (C=O) groups excluding carboxylic acids is 2. The van der Waals surface area contributed by atoms with Crippen LogP contribution in [0.4, 0.5) is 11.4 Å². The van der Waals surface area contributed by atoms with Gasteiger partial charge in [0.05, 0.1) is 11.5 Å². The first-order chi connectivity index (χ1) is 12.9. The van der Waals surface area contributed by atoms with E-state index in [1.807, 2.05) is 0 Å². The minimum Gasteiger partial charge on any atom is -0.360 e. The number of benzene rings is 1. The number of likely N-dealkylation sites (N-methyl/N-ethyl adjacent to an activating group) is 1. The van der Waals surface area contributed by atoms with Crippen LogP contribution in [0, 0.1) is 10.1 Å². The molecule has 1 unspecified atom stereocenters. The normalized spacial score (nSPS) is 16.1. The molecule has 1 aliphatic rings. The van der Waals surface area contributed by atoms with Gasteiger partial charge in [-0.2, -0.15) is 0 Å². The van der Waals surface area contributed by atoms with Gasteiger partial charge in [0.2, 0.25) is 11.8 Å². The largest absolute Gasteiger partial charge is 0.360 e. The van der Waals surface area contributed by atoms with Crippen LogP contribution in [-0.2, 0) is 9.59 Å². The molecule has 3 N–H and O–H groups in total. The number of piperidine rings is 1. The Balaban J connectivity index is 0.00000392. The van der Waals surface area contributed by atoms with E-state index in [2.05, 4.69) is 5.32 Å². The maximum Gasteiger partial charge on any atom is 0.292 e. The van der Waals surface area contributed by atoms with Crippen molar-refractivity contribution in [1.29, 1.82) is 0 Å². The Morgan fingerprint density at radius 2 is 2.07 bits per heavy atom. The van der Waals surface area contributed by atoms with E-state index in [1.54, 1.807) is 35.0 Å². The van der Waals surface area contributed by atoms with Crippen LogP contribution in [0.25, 0.3) is 0 Å². The van der Waals surface area contributed by atoms with Gasteiger partial charge in [0.15, 0.2) is 0 Å². The van der Waals surface area contributed by atoms with Crippen LogP contribution in [0.15, 0.2) is 24.3 Å². The summed E-state index contributed by atoms with van der Waals surface area (Å²) in [4.78, 5) is 38.6. The van der Waals surface area contributed by atoms with Crippen molar-refractivity contribution in [2.45, 2.75) is 31.7 Å². The number of nitrogens with two attached hydrogens (primary N) is 1. The predicted octanol–water partition coefficient (Wildman–Crippen LogP) is 1.30. The zero-order valence-corrected chi connectivity index (χ0v) is 16.8. The molecule has 2 rings (SSSR count). The Bertz CT molecular complexity index is 688. The van der Waals surface area contributed by atoms with Crippen molar-refractivity contribution in [3.05, 3.63) is 34.4 Å². The number of halogens is 1. The molecule has 0 bridgehead atoms. The zero-order chi connectivity index (χ0) is 19.8. The number of para-hydroxylation sites is 2. The van der Waals surface area contributed by atoms with E-state index in [9.17, 15) is 19.7 Å². The molecule has 1 heterocycles. The van der Waals surface area contributed by atoms with Gasteiger partial charge < -0.3 is 20.9 Å². The molecule has 28 heavy (non-hydrogen) atoms. The Morgan fingerprint density at radius 3 is 2.75 bits per heavy atom. The molecule has 0 saturated carbocycles. The highest BCUT2D eigenvalue weighted by Gasteiger charge is 2.28. The molecule has 1 aliphatic heterocycles. The van der Waals surface area contributed by atoms with Crippen molar-refractivity contribution in [3.63, 3.8) is 0 Å². The molecule has 1 aromatic carbocycles. The van der Waals surface area contributed by atoms with E-state index >= 15 is 0 Å². The average molecular weight is 414 g/mol. The number of nitro groups is 1. The van der Waals surface area contributed by atoms with E-state index < -0.39 is 4.92 Å². The highest BCUT2D eigenvalue weighted by Crippen LogP contribution is 2.27. The number of likely N-dealkylation sites (tertiary alicyclic amines) is 1. The fraction of sp³-hybridized carbons (Fsp3) is 0.556. The number of hydrogen-bond donors (Lipinski definition) is 2. The summed E-state index contributed by atoms with van der Waals surface area (Å²) in [6.45, 7) is 1.36. The van der Waals surface area contributed by atoms with Crippen LogP contribution in [0.2, 0.25) is 0 Å². The smallest absolute Gasteiger partial charge is 0.292 e. The minimum absolute atomic E-state index is 0. The Morgan fingerprint density at radius 1 is 1.36 bits per heavy atom. The third-order valence-electron chi connectivity index (χ3n) is 4.72. The molecule has 156 valence electrons. The van der Waals surface area contributed by atoms with E-state index in [1.165, 1.54) is 6.07 Å². The number of amides is 2. The van der Waals surface area contributed by atoms with Gasteiger partial charge in [0, 0.05) is 45.2 Å². The number of nitrogens with zero attached hydrogens (tertiary/aromatic N) is 3. The van der Waals surface area contributed by atoms with Gasteiger partial charge in [0.25, 0.3) is 5.69 Å². The number of nitro benzene ring substituents is 1. The Kier molecular flexibility index (Phi) is 9.67. The summed E-state index contributed by atoms with van der Waals surface area (Å²) >= 11 is 0. The number of nitrogens with one attached hydrogen (secondary N) is 1. The molecule has 1 saturated heterocycles. The Labute approximate surface area is 170 Å². The SMILES string of the molecule is CN(CC(=O)N1CCCCC1CNC(=O)CCN)c1ccccc1[N+](=O)[O-].Cl. The van der Waals surface area contributed by atoms with Gasteiger partial charge in [-0.25, -0.2) is 0 Å². The monoisotopic (exact) mass is 413 g/mol. The van der Waals surface area contributed by atoms with Gasteiger partial charge >= 0.3 is 0 Å².